The van der Waals surface area contributed by atoms with Crippen LogP contribution in [0.1, 0.15) is 28.4 Å². The highest BCUT2D eigenvalue weighted by Gasteiger charge is 2.12. The van der Waals surface area contributed by atoms with Crippen LogP contribution in [0.2, 0.25) is 0 Å². The van der Waals surface area contributed by atoms with Crippen molar-refractivity contribution in [2.45, 2.75) is 13.8 Å². The Bertz CT molecular complexity index is 588. The summed E-state index contributed by atoms with van der Waals surface area (Å²) in [5, 5.41) is 0. The summed E-state index contributed by atoms with van der Waals surface area (Å²) in [5.74, 6) is 0.746. The van der Waals surface area contributed by atoms with Gasteiger partial charge in [-0.05, 0) is 49.7 Å². The second-order valence-corrected chi connectivity index (χ2v) is 4.31. The standard InChI is InChI=1S/C16H17NO2/c1-3-19-13-9-7-12(8-10-13)16(18)14-5-4-6-15(17)11(14)2/h4-10H,3,17H2,1-2H3. The Morgan fingerprint density at radius 2 is 1.84 bits per heavy atom. The summed E-state index contributed by atoms with van der Waals surface area (Å²) < 4.78 is 5.36. The van der Waals surface area contributed by atoms with Gasteiger partial charge in [0, 0.05) is 16.8 Å². The molecule has 0 unspecified atom stereocenters. The molecule has 0 amide bonds. The number of benzene rings is 2. The van der Waals surface area contributed by atoms with Crippen LogP contribution in [0.25, 0.3) is 0 Å². The Kier molecular flexibility index (Phi) is 3.85. The van der Waals surface area contributed by atoms with E-state index in [-0.39, 0.29) is 5.78 Å². The van der Waals surface area contributed by atoms with Crippen LogP contribution in [0, 0.1) is 6.92 Å². The van der Waals surface area contributed by atoms with Crippen LogP contribution >= 0.6 is 0 Å². The van der Waals surface area contributed by atoms with E-state index in [1.165, 1.54) is 0 Å². The summed E-state index contributed by atoms with van der Waals surface area (Å²) in [6.07, 6.45) is 0. The third kappa shape index (κ3) is 2.76. The van der Waals surface area contributed by atoms with Crippen molar-refractivity contribution in [3.8, 4) is 5.75 Å². The molecule has 3 nitrogen and oxygen atoms in total. The zero-order valence-corrected chi connectivity index (χ0v) is 11.1. The largest absolute Gasteiger partial charge is 0.494 e. The topological polar surface area (TPSA) is 52.3 Å². The number of carbonyl (C=O) groups is 1. The zero-order valence-electron chi connectivity index (χ0n) is 11.1. The van der Waals surface area contributed by atoms with E-state index in [0.29, 0.717) is 23.4 Å². The van der Waals surface area contributed by atoms with Crippen molar-refractivity contribution < 1.29 is 9.53 Å². The number of ether oxygens (including phenoxy) is 1. The number of hydrogen-bond acceptors (Lipinski definition) is 3. The first-order chi connectivity index (χ1) is 9.13. The lowest BCUT2D eigenvalue weighted by atomic mass is 9.98. The molecule has 19 heavy (non-hydrogen) atoms. The molecule has 0 heterocycles. The molecule has 0 aliphatic rings. The molecule has 98 valence electrons. The van der Waals surface area contributed by atoms with E-state index < -0.39 is 0 Å². The van der Waals surface area contributed by atoms with Crippen molar-refractivity contribution in [2.75, 3.05) is 12.3 Å². The number of carbonyl (C=O) groups excluding carboxylic acids is 1. The summed E-state index contributed by atoms with van der Waals surface area (Å²) in [6.45, 7) is 4.40. The third-order valence-electron chi connectivity index (χ3n) is 3.05. The van der Waals surface area contributed by atoms with Crippen molar-refractivity contribution in [1.82, 2.24) is 0 Å². The van der Waals surface area contributed by atoms with Gasteiger partial charge in [-0.1, -0.05) is 12.1 Å². The zero-order chi connectivity index (χ0) is 13.8. The van der Waals surface area contributed by atoms with Gasteiger partial charge < -0.3 is 10.5 Å². The van der Waals surface area contributed by atoms with E-state index in [0.717, 1.165) is 11.3 Å². The second-order valence-electron chi connectivity index (χ2n) is 4.31. The van der Waals surface area contributed by atoms with Gasteiger partial charge in [0.05, 0.1) is 6.61 Å². The molecule has 0 aliphatic carbocycles. The minimum atomic E-state index is -0.0205. The van der Waals surface area contributed by atoms with Crippen molar-refractivity contribution in [2.24, 2.45) is 0 Å². The molecule has 0 radical (unpaired) electrons. The molecule has 0 bridgehead atoms. The molecular formula is C16H17NO2. The SMILES string of the molecule is CCOc1ccc(C(=O)c2cccc(N)c2C)cc1. The van der Waals surface area contributed by atoms with Crippen LogP contribution in [-0.2, 0) is 0 Å². The molecule has 0 spiro atoms. The molecule has 0 fully saturated rings. The van der Waals surface area contributed by atoms with Gasteiger partial charge in [0.25, 0.3) is 0 Å². The minimum absolute atomic E-state index is 0.0205. The smallest absolute Gasteiger partial charge is 0.193 e. The van der Waals surface area contributed by atoms with E-state index in [4.69, 9.17) is 10.5 Å². The summed E-state index contributed by atoms with van der Waals surface area (Å²) in [7, 11) is 0. The summed E-state index contributed by atoms with van der Waals surface area (Å²) in [5.41, 5.74) is 8.56. The van der Waals surface area contributed by atoms with Gasteiger partial charge in [-0.15, -0.1) is 0 Å². The molecule has 0 aliphatic heterocycles. The molecule has 3 heteroatoms. The highest BCUT2D eigenvalue weighted by atomic mass is 16.5. The van der Waals surface area contributed by atoms with Crippen molar-refractivity contribution in [1.29, 1.82) is 0 Å². The number of rotatable bonds is 4. The maximum atomic E-state index is 12.4. The quantitative estimate of drug-likeness (QED) is 0.674. The van der Waals surface area contributed by atoms with Crippen LogP contribution in [0.4, 0.5) is 5.69 Å². The molecule has 0 saturated heterocycles. The Morgan fingerprint density at radius 3 is 2.47 bits per heavy atom. The first kappa shape index (κ1) is 13.1. The highest BCUT2D eigenvalue weighted by molar-refractivity contribution is 6.10. The maximum Gasteiger partial charge on any atom is 0.193 e. The summed E-state index contributed by atoms with van der Waals surface area (Å²) >= 11 is 0. The fraction of sp³-hybridized carbons (Fsp3) is 0.188. The minimum Gasteiger partial charge on any atom is -0.494 e. The van der Waals surface area contributed by atoms with Gasteiger partial charge in [-0.3, -0.25) is 4.79 Å². The monoisotopic (exact) mass is 255 g/mol. The Labute approximate surface area is 113 Å². The lowest BCUT2D eigenvalue weighted by molar-refractivity contribution is 0.103. The fourth-order valence-electron chi connectivity index (χ4n) is 1.92. The number of ketones is 1. The normalized spacial score (nSPS) is 10.2. The molecule has 0 saturated carbocycles. The maximum absolute atomic E-state index is 12.4. The van der Waals surface area contributed by atoms with Crippen molar-refractivity contribution in [3.05, 3.63) is 59.2 Å². The van der Waals surface area contributed by atoms with E-state index in [1.807, 2.05) is 13.8 Å². The summed E-state index contributed by atoms with van der Waals surface area (Å²) in [6, 6.07) is 12.5. The van der Waals surface area contributed by atoms with Crippen LogP contribution in [0.5, 0.6) is 5.75 Å². The Morgan fingerprint density at radius 1 is 1.16 bits per heavy atom. The van der Waals surface area contributed by atoms with Crippen LogP contribution in [0.15, 0.2) is 42.5 Å². The molecule has 0 aromatic heterocycles. The van der Waals surface area contributed by atoms with E-state index >= 15 is 0 Å². The van der Waals surface area contributed by atoms with Gasteiger partial charge in [0.15, 0.2) is 5.78 Å². The van der Waals surface area contributed by atoms with E-state index in [1.54, 1.807) is 42.5 Å². The predicted octanol–water partition coefficient (Wildman–Crippen LogP) is 3.21. The van der Waals surface area contributed by atoms with Gasteiger partial charge in [-0.2, -0.15) is 0 Å². The average Bonchev–Trinajstić information content (AvgIpc) is 2.42. The number of hydrogen-bond donors (Lipinski definition) is 1. The molecule has 0 atom stereocenters. The lowest BCUT2D eigenvalue weighted by Crippen LogP contribution is -2.05. The van der Waals surface area contributed by atoms with E-state index in [2.05, 4.69) is 0 Å². The van der Waals surface area contributed by atoms with Crippen LogP contribution in [0.3, 0.4) is 0 Å². The second kappa shape index (κ2) is 5.57. The van der Waals surface area contributed by atoms with Gasteiger partial charge in [0.1, 0.15) is 5.75 Å². The van der Waals surface area contributed by atoms with Crippen molar-refractivity contribution in [3.63, 3.8) is 0 Å². The highest BCUT2D eigenvalue weighted by Crippen LogP contribution is 2.20. The fourth-order valence-corrected chi connectivity index (χ4v) is 1.92. The summed E-state index contributed by atoms with van der Waals surface area (Å²) in [4.78, 5) is 12.4. The van der Waals surface area contributed by atoms with Gasteiger partial charge >= 0.3 is 0 Å². The lowest BCUT2D eigenvalue weighted by Gasteiger charge is -2.08. The van der Waals surface area contributed by atoms with Crippen molar-refractivity contribution >= 4 is 11.5 Å². The molecule has 2 aromatic rings. The Balaban J connectivity index is 2.31. The first-order valence-electron chi connectivity index (χ1n) is 6.26. The first-order valence-corrected chi connectivity index (χ1v) is 6.26. The van der Waals surface area contributed by atoms with Crippen LogP contribution in [-0.4, -0.2) is 12.4 Å². The third-order valence-corrected chi connectivity index (χ3v) is 3.05. The Hall–Kier alpha value is -2.29. The number of anilines is 1. The molecular weight excluding hydrogens is 238 g/mol. The van der Waals surface area contributed by atoms with Crippen LogP contribution < -0.4 is 10.5 Å². The molecule has 2 N–H and O–H groups in total. The predicted molar refractivity (Wildman–Crippen MR) is 76.6 cm³/mol. The van der Waals surface area contributed by atoms with Gasteiger partial charge in [-0.25, -0.2) is 0 Å². The number of nitrogens with two attached hydrogens (primary N) is 1. The van der Waals surface area contributed by atoms with Gasteiger partial charge in [0.2, 0.25) is 0 Å². The average molecular weight is 255 g/mol. The molecule has 2 rings (SSSR count). The number of nitrogen functional groups attached to an aromatic ring is 1. The molecule has 2 aromatic carbocycles. The van der Waals surface area contributed by atoms with E-state index in [9.17, 15) is 4.79 Å².